The van der Waals surface area contributed by atoms with Crippen LogP contribution in [-0.2, 0) is 0 Å². The molecule has 0 N–H and O–H groups in total. The van der Waals surface area contributed by atoms with E-state index in [2.05, 4.69) is 243 Å². The summed E-state index contributed by atoms with van der Waals surface area (Å²) in [6.07, 6.45) is 0. The molecule has 9 aromatic carbocycles. The summed E-state index contributed by atoms with van der Waals surface area (Å²) in [6, 6.07) is 81.7. The van der Waals surface area contributed by atoms with Gasteiger partial charge in [-0.2, -0.15) is 0 Å². The lowest BCUT2D eigenvalue weighted by Gasteiger charge is -2.29. The van der Waals surface area contributed by atoms with Crippen molar-refractivity contribution < 1.29 is 0 Å². The first-order valence-corrected chi connectivity index (χ1v) is 24.6. The standard InChI is InChI=1S/C39H38N4.4C7H8/c1-26(2)38-32-25-31(42(34-19-11-7-15-27(34)3)35-20-12-8-16-28(35)4)23-24-33(32)40-39(41-38)43(36-21-13-9-17-29(36)5)37-22-14-10-18-30(37)6;4*1-7-5-3-2-4-6-7/h7-26H,1-6H3;4*2-6H,1H3. The molecule has 358 valence electrons. The van der Waals surface area contributed by atoms with E-state index in [1.165, 1.54) is 44.5 Å². The summed E-state index contributed by atoms with van der Waals surface area (Å²) in [5.41, 5.74) is 17.6. The van der Waals surface area contributed by atoms with Crippen molar-refractivity contribution in [3.8, 4) is 0 Å². The van der Waals surface area contributed by atoms with Crippen molar-refractivity contribution in [2.75, 3.05) is 9.80 Å². The normalized spacial score (nSPS) is 10.2. The van der Waals surface area contributed by atoms with Gasteiger partial charge in [-0.05, 0) is 126 Å². The quantitative estimate of drug-likeness (QED) is 0.159. The van der Waals surface area contributed by atoms with Gasteiger partial charge >= 0.3 is 0 Å². The molecular weight excluding hydrogens is 861 g/mol. The number of rotatable bonds is 7. The zero-order valence-electron chi connectivity index (χ0n) is 43.4. The maximum absolute atomic E-state index is 5.31. The van der Waals surface area contributed by atoms with Gasteiger partial charge in [0.05, 0.1) is 22.6 Å². The fraction of sp³-hybridized carbons (Fsp3) is 0.164. The first kappa shape index (κ1) is 52.3. The van der Waals surface area contributed by atoms with Crippen molar-refractivity contribution in [3.05, 3.63) is 287 Å². The summed E-state index contributed by atoms with van der Waals surface area (Å²) in [5, 5.41) is 1.07. The zero-order valence-corrected chi connectivity index (χ0v) is 43.4. The highest BCUT2D eigenvalue weighted by Gasteiger charge is 2.23. The fourth-order valence-corrected chi connectivity index (χ4v) is 7.95. The van der Waals surface area contributed by atoms with E-state index in [4.69, 9.17) is 9.97 Å². The third-order valence-electron chi connectivity index (χ3n) is 11.9. The van der Waals surface area contributed by atoms with E-state index in [1.54, 1.807) is 0 Å². The zero-order chi connectivity index (χ0) is 50.5. The molecule has 4 nitrogen and oxygen atoms in total. The van der Waals surface area contributed by atoms with Crippen LogP contribution < -0.4 is 9.80 Å². The highest BCUT2D eigenvalue weighted by Crippen LogP contribution is 2.42. The van der Waals surface area contributed by atoms with Crippen LogP contribution in [0.5, 0.6) is 0 Å². The molecular formula is C67H70N4. The van der Waals surface area contributed by atoms with Crippen LogP contribution in [0.2, 0.25) is 0 Å². The Morgan fingerprint density at radius 3 is 0.887 bits per heavy atom. The molecule has 0 saturated carbocycles. The van der Waals surface area contributed by atoms with Gasteiger partial charge in [-0.1, -0.05) is 230 Å². The van der Waals surface area contributed by atoms with E-state index < -0.39 is 0 Å². The molecule has 0 aliphatic heterocycles. The van der Waals surface area contributed by atoms with Gasteiger partial charge in [0.2, 0.25) is 5.95 Å². The molecule has 0 fully saturated rings. The lowest BCUT2D eigenvalue weighted by molar-refractivity contribution is 0.826. The average Bonchev–Trinajstić information content (AvgIpc) is 3.38. The molecule has 0 bridgehead atoms. The molecule has 0 radical (unpaired) electrons. The number of aromatic nitrogens is 2. The van der Waals surface area contributed by atoms with Gasteiger partial charge in [-0.25, -0.2) is 9.97 Å². The van der Waals surface area contributed by atoms with E-state index in [9.17, 15) is 0 Å². The lowest BCUT2D eigenvalue weighted by Crippen LogP contribution is -2.17. The number of hydrogen-bond acceptors (Lipinski definition) is 4. The number of benzene rings is 9. The van der Waals surface area contributed by atoms with Crippen LogP contribution in [0.15, 0.2) is 237 Å². The van der Waals surface area contributed by atoms with Crippen molar-refractivity contribution >= 4 is 45.3 Å². The number of fused-ring (bicyclic) bond motifs is 1. The predicted octanol–water partition coefficient (Wildman–Crippen LogP) is 18.9. The predicted molar refractivity (Wildman–Crippen MR) is 307 cm³/mol. The van der Waals surface area contributed by atoms with E-state index >= 15 is 0 Å². The van der Waals surface area contributed by atoms with Gasteiger partial charge in [0.25, 0.3) is 0 Å². The van der Waals surface area contributed by atoms with E-state index in [0.717, 1.165) is 45.0 Å². The van der Waals surface area contributed by atoms with E-state index in [0.29, 0.717) is 5.95 Å². The first-order chi connectivity index (χ1) is 34.4. The van der Waals surface area contributed by atoms with Crippen LogP contribution in [0.1, 0.15) is 70.0 Å². The van der Waals surface area contributed by atoms with Crippen LogP contribution in [-0.4, -0.2) is 9.97 Å². The molecule has 71 heavy (non-hydrogen) atoms. The maximum Gasteiger partial charge on any atom is 0.235 e. The monoisotopic (exact) mass is 931 g/mol. The SMILES string of the molecule is Cc1ccccc1.Cc1ccccc1.Cc1ccccc1.Cc1ccccc1.Cc1ccccc1N(c1ccc2nc(N(c3ccccc3C)c3ccccc3C)nc(C(C)C)c2c1)c1ccccc1C. The minimum atomic E-state index is 0.195. The number of anilines is 6. The van der Waals surface area contributed by atoms with Crippen LogP contribution in [0.4, 0.5) is 34.4 Å². The first-order valence-electron chi connectivity index (χ1n) is 24.6. The molecule has 1 aromatic heterocycles. The number of para-hydroxylation sites is 4. The molecule has 10 rings (SSSR count). The Labute approximate surface area is 425 Å². The Hall–Kier alpha value is -8.08. The minimum absolute atomic E-state index is 0.195. The molecule has 0 aliphatic carbocycles. The van der Waals surface area contributed by atoms with Crippen LogP contribution in [0.3, 0.4) is 0 Å². The van der Waals surface area contributed by atoms with Gasteiger partial charge in [-0.3, -0.25) is 4.90 Å². The Bertz CT molecular complexity index is 2910. The van der Waals surface area contributed by atoms with Crippen molar-refractivity contribution in [1.29, 1.82) is 0 Å². The van der Waals surface area contributed by atoms with Crippen LogP contribution in [0.25, 0.3) is 10.9 Å². The Morgan fingerprint density at radius 1 is 0.310 bits per heavy atom. The molecule has 0 unspecified atom stereocenters. The van der Waals surface area contributed by atoms with Gasteiger partial charge in [0.15, 0.2) is 0 Å². The second kappa shape index (κ2) is 26.6. The topological polar surface area (TPSA) is 32.3 Å². The summed E-state index contributed by atoms with van der Waals surface area (Å²) in [7, 11) is 0. The Balaban J connectivity index is 0.000000234. The van der Waals surface area contributed by atoms with Crippen molar-refractivity contribution in [2.24, 2.45) is 0 Å². The van der Waals surface area contributed by atoms with Gasteiger partial charge in [0, 0.05) is 22.4 Å². The molecule has 0 saturated heterocycles. The molecule has 0 amide bonds. The van der Waals surface area contributed by atoms with Gasteiger partial charge in [0.1, 0.15) is 0 Å². The average molecular weight is 931 g/mol. The molecule has 4 heteroatoms. The maximum atomic E-state index is 5.31. The van der Waals surface area contributed by atoms with E-state index in [1.807, 2.05) is 72.8 Å². The van der Waals surface area contributed by atoms with E-state index in [-0.39, 0.29) is 5.92 Å². The molecule has 10 aromatic rings. The Kier molecular flexibility index (Phi) is 19.6. The van der Waals surface area contributed by atoms with Gasteiger partial charge in [-0.15, -0.1) is 0 Å². The summed E-state index contributed by atoms with van der Waals surface area (Å²) in [6.45, 7) is 21.4. The molecule has 0 spiro atoms. The minimum Gasteiger partial charge on any atom is -0.310 e. The van der Waals surface area contributed by atoms with Crippen molar-refractivity contribution in [1.82, 2.24) is 9.97 Å². The van der Waals surface area contributed by atoms with Crippen LogP contribution >= 0.6 is 0 Å². The van der Waals surface area contributed by atoms with Crippen molar-refractivity contribution in [3.63, 3.8) is 0 Å². The Morgan fingerprint density at radius 2 is 0.606 bits per heavy atom. The third kappa shape index (κ3) is 15.2. The molecule has 1 heterocycles. The smallest absolute Gasteiger partial charge is 0.235 e. The highest BCUT2D eigenvalue weighted by atomic mass is 15.3. The second-order valence-corrected chi connectivity index (χ2v) is 18.2. The number of aryl methyl sites for hydroxylation is 8. The molecule has 0 aliphatic rings. The largest absolute Gasteiger partial charge is 0.310 e. The summed E-state index contributed by atoms with van der Waals surface area (Å²) >= 11 is 0. The van der Waals surface area contributed by atoms with Crippen molar-refractivity contribution in [2.45, 2.75) is 75.2 Å². The third-order valence-corrected chi connectivity index (χ3v) is 11.9. The second-order valence-electron chi connectivity index (χ2n) is 18.2. The van der Waals surface area contributed by atoms with Crippen LogP contribution in [0, 0.1) is 55.4 Å². The summed E-state index contributed by atoms with van der Waals surface area (Å²) < 4.78 is 0. The number of hydrogen-bond donors (Lipinski definition) is 0. The number of nitrogens with zero attached hydrogens (tertiary/aromatic N) is 4. The van der Waals surface area contributed by atoms with Gasteiger partial charge < -0.3 is 4.90 Å². The summed E-state index contributed by atoms with van der Waals surface area (Å²) in [4.78, 5) is 15.1. The highest BCUT2D eigenvalue weighted by molar-refractivity contribution is 5.91. The lowest BCUT2D eigenvalue weighted by atomic mass is 10.0. The molecule has 0 atom stereocenters. The fourth-order valence-electron chi connectivity index (χ4n) is 7.95. The summed E-state index contributed by atoms with van der Waals surface area (Å²) in [5.74, 6) is 0.877.